The van der Waals surface area contributed by atoms with Crippen molar-refractivity contribution in [2.75, 3.05) is 13.1 Å². The number of fused-ring (bicyclic) bond motifs is 1. The third-order valence-electron chi connectivity index (χ3n) is 4.88. The number of amides is 1. The lowest BCUT2D eigenvalue weighted by Crippen LogP contribution is -2.32. The van der Waals surface area contributed by atoms with Crippen LogP contribution < -0.4 is 10.3 Å². The van der Waals surface area contributed by atoms with Crippen LogP contribution in [0.25, 0.3) is 22.0 Å². The highest BCUT2D eigenvalue weighted by molar-refractivity contribution is 5.83. The molecular weight excluding hydrogens is 405 g/mol. The van der Waals surface area contributed by atoms with E-state index in [-0.39, 0.29) is 17.7 Å². The quantitative estimate of drug-likeness (QED) is 0.699. The minimum absolute atomic E-state index is 0.149. The smallest absolute Gasteiger partial charge is 0.465 e. The zero-order valence-corrected chi connectivity index (χ0v) is 15.3. The van der Waals surface area contributed by atoms with Crippen LogP contribution in [0.5, 0.6) is 5.75 Å². The fourth-order valence-electron chi connectivity index (χ4n) is 3.44. The summed E-state index contributed by atoms with van der Waals surface area (Å²) in [7, 11) is 0. The van der Waals surface area contributed by atoms with Crippen molar-refractivity contribution < 1.29 is 27.8 Å². The van der Waals surface area contributed by atoms with E-state index in [1.165, 1.54) is 33.8 Å². The molecule has 1 saturated heterocycles. The van der Waals surface area contributed by atoms with E-state index in [9.17, 15) is 22.8 Å². The highest BCUT2D eigenvalue weighted by atomic mass is 19.4. The number of hydrogen-bond donors (Lipinski definition) is 1. The van der Waals surface area contributed by atoms with Gasteiger partial charge in [-0.3, -0.25) is 4.79 Å². The molecule has 0 aliphatic carbocycles. The van der Waals surface area contributed by atoms with Crippen LogP contribution in [0.1, 0.15) is 12.5 Å². The van der Waals surface area contributed by atoms with E-state index in [1.807, 2.05) is 0 Å². The van der Waals surface area contributed by atoms with Gasteiger partial charge >= 0.3 is 12.5 Å². The van der Waals surface area contributed by atoms with Crippen molar-refractivity contribution in [3.8, 4) is 16.9 Å². The SMILES string of the molecule is O=C(O)N1CC[C@@H](n2nnc3ccc(-c4ccc(OC(F)(F)F)cc4)cc3c2=O)C1. The minimum Gasteiger partial charge on any atom is -0.465 e. The fourth-order valence-corrected chi connectivity index (χ4v) is 3.44. The molecule has 1 atom stereocenters. The van der Waals surface area contributed by atoms with Crippen LogP contribution in [-0.4, -0.2) is 50.5 Å². The Hall–Kier alpha value is -3.63. The molecule has 30 heavy (non-hydrogen) atoms. The van der Waals surface area contributed by atoms with E-state index in [0.29, 0.717) is 29.6 Å². The Morgan fingerprint density at radius 3 is 2.47 bits per heavy atom. The minimum atomic E-state index is -4.77. The largest absolute Gasteiger partial charge is 0.573 e. The van der Waals surface area contributed by atoms with Crippen molar-refractivity contribution in [2.24, 2.45) is 0 Å². The molecule has 156 valence electrons. The maximum absolute atomic E-state index is 12.9. The van der Waals surface area contributed by atoms with E-state index in [2.05, 4.69) is 15.0 Å². The number of rotatable bonds is 3. The molecule has 1 fully saturated rings. The number of nitrogens with zero attached hydrogens (tertiary/aromatic N) is 4. The first-order valence-corrected chi connectivity index (χ1v) is 8.94. The molecule has 0 saturated carbocycles. The summed E-state index contributed by atoms with van der Waals surface area (Å²) in [4.78, 5) is 25.3. The topological polar surface area (TPSA) is 97.6 Å². The zero-order chi connectivity index (χ0) is 21.5. The Bertz CT molecular complexity index is 1160. The summed E-state index contributed by atoms with van der Waals surface area (Å²) in [5.74, 6) is -0.343. The molecule has 1 N–H and O–H groups in total. The van der Waals surface area contributed by atoms with Crippen LogP contribution in [0.2, 0.25) is 0 Å². The fraction of sp³-hybridized carbons (Fsp3) is 0.263. The number of likely N-dealkylation sites (tertiary alicyclic amines) is 1. The molecule has 1 aliphatic heterocycles. The number of aromatic nitrogens is 3. The molecule has 2 heterocycles. The summed E-state index contributed by atoms with van der Waals surface area (Å²) in [6.07, 6.45) is -5.38. The summed E-state index contributed by atoms with van der Waals surface area (Å²) < 4.78 is 42.0. The average Bonchev–Trinajstić information content (AvgIpc) is 3.18. The average molecular weight is 420 g/mol. The van der Waals surface area contributed by atoms with Crippen molar-refractivity contribution in [1.82, 2.24) is 19.9 Å². The summed E-state index contributed by atoms with van der Waals surface area (Å²) in [6.45, 7) is 0.453. The monoisotopic (exact) mass is 420 g/mol. The molecule has 1 amide bonds. The summed E-state index contributed by atoms with van der Waals surface area (Å²) in [5.41, 5.74) is 1.16. The van der Waals surface area contributed by atoms with Crippen molar-refractivity contribution in [2.45, 2.75) is 18.8 Å². The molecule has 0 radical (unpaired) electrons. The number of halogens is 3. The lowest BCUT2D eigenvalue weighted by molar-refractivity contribution is -0.274. The van der Waals surface area contributed by atoms with Gasteiger partial charge in [0.05, 0.1) is 11.4 Å². The summed E-state index contributed by atoms with van der Waals surface area (Å²) in [6, 6.07) is 9.75. The van der Waals surface area contributed by atoms with Gasteiger partial charge in [-0.15, -0.1) is 18.3 Å². The Morgan fingerprint density at radius 1 is 1.13 bits per heavy atom. The molecule has 0 bridgehead atoms. The highest BCUT2D eigenvalue weighted by Gasteiger charge is 2.31. The Balaban J connectivity index is 1.66. The standard InChI is InChI=1S/C19H15F3N4O4/c20-19(21,22)30-14-4-1-11(2-5-14)12-3-6-16-15(9-12)17(27)26(24-23-16)13-7-8-25(10-13)18(28)29/h1-6,9,13H,7-8,10H2,(H,28,29)/t13-/m1/s1. The van der Waals surface area contributed by atoms with E-state index in [0.717, 1.165) is 0 Å². The Labute approximate surface area is 167 Å². The molecule has 0 unspecified atom stereocenters. The molecular formula is C19H15F3N4O4. The normalized spacial score (nSPS) is 16.8. The van der Waals surface area contributed by atoms with Crippen LogP contribution >= 0.6 is 0 Å². The van der Waals surface area contributed by atoms with E-state index < -0.39 is 24.1 Å². The van der Waals surface area contributed by atoms with Crippen LogP contribution in [0.4, 0.5) is 18.0 Å². The molecule has 1 aromatic heterocycles. The second kappa shape index (κ2) is 7.32. The zero-order valence-electron chi connectivity index (χ0n) is 15.3. The first kappa shape index (κ1) is 19.7. The van der Waals surface area contributed by atoms with Gasteiger partial charge in [-0.05, 0) is 41.8 Å². The van der Waals surface area contributed by atoms with Gasteiger partial charge in [0, 0.05) is 13.1 Å². The number of ether oxygens (including phenoxy) is 1. The number of carboxylic acid groups (broad SMARTS) is 1. The van der Waals surface area contributed by atoms with Gasteiger partial charge in [-0.2, -0.15) is 0 Å². The second-order valence-electron chi connectivity index (χ2n) is 6.81. The lowest BCUT2D eigenvalue weighted by atomic mass is 10.0. The molecule has 4 rings (SSSR count). The third-order valence-corrected chi connectivity index (χ3v) is 4.88. The highest BCUT2D eigenvalue weighted by Crippen LogP contribution is 2.28. The van der Waals surface area contributed by atoms with E-state index >= 15 is 0 Å². The first-order chi connectivity index (χ1) is 14.2. The van der Waals surface area contributed by atoms with Crippen molar-refractivity contribution in [3.63, 3.8) is 0 Å². The third kappa shape index (κ3) is 3.91. The maximum atomic E-state index is 12.9. The van der Waals surface area contributed by atoms with Gasteiger partial charge in [0.25, 0.3) is 5.56 Å². The number of hydrogen-bond acceptors (Lipinski definition) is 5. The van der Waals surface area contributed by atoms with Crippen LogP contribution in [0.3, 0.4) is 0 Å². The van der Waals surface area contributed by atoms with Crippen LogP contribution in [0, 0.1) is 0 Å². The van der Waals surface area contributed by atoms with E-state index in [1.54, 1.807) is 18.2 Å². The Kier molecular flexibility index (Phi) is 4.80. The van der Waals surface area contributed by atoms with Crippen molar-refractivity contribution in [1.29, 1.82) is 0 Å². The Morgan fingerprint density at radius 2 is 1.83 bits per heavy atom. The number of carbonyl (C=O) groups is 1. The summed E-state index contributed by atoms with van der Waals surface area (Å²) in [5, 5.41) is 17.4. The molecule has 3 aromatic rings. The molecule has 0 spiro atoms. The lowest BCUT2D eigenvalue weighted by Gasteiger charge is -2.14. The molecule has 2 aromatic carbocycles. The number of alkyl halides is 3. The molecule has 11 heteroatoms. The van der Waals surface area contributed by atoms with Gasteiger partial charge in [-0.25, -0.2) is 9.48 Å². The van der Waals surface area contributed by atoms with Crippen LogP contribution in [0.15, 0.2) is 47.3 Å². The molecule has 1 aliphatic rings. The predicted octanol–water partition coefficient (Wildman–Crippen LogP) is 3.28. The van der Waals surface area contributed by atoms with Gasteiger partial charge in [0.2, 0.25) is 0 Å². The van der Waals surface area contributed by atoms with E-state index in [4.69, 9.17) is 5.11 Å². The van der Waals surface area contributed by atoms with Crippen molar-refractivity contribution >= 4 is 17.0 Å². The van der Waals surface area contributed by atoms with Crippen LogP contribution in [-0.2, 0) is 0 Å². The van der Waals surface area contributed by atoms with Gasteiger partial charge in [0.15, 0.2) is 0 Å². The second-order valence-corrected chi connectivity index (χ2v) is 6.81. The maximum Gasteiger partial charge on any atom is 0.573 e. The van der Waals surface area contributed by atoms with Gasteiger partial charge in [0.1, 0.15) is 11.3 Å². The summed E-state index contributed by atoms with van der Waals surface area (Å²) >= 11 is 0. The van der Waals surface area contributed by atoms with Gasteiger partial charge in [-0.1, -0.05) is 23.4 Å². The number of benzene rings is 2. The van der Waals surface area contributed by atoms with Crippen molar-refractivity contribution in [3.05, 3.63) is 52.8 Å². The first-order valence-electron chi connectivity index (χ1n) is 8.94. The predicted molar refractivity (Wildman–Crippen MR) is 99.2 cm³/mol. The molecule has 8 nitrogen and oxygen atoms in total. The van der Waals surface area contributed by atoms with Gasteiger partial charge < -0.3 is 14.7 Å².